The van der Waals surface area contributed by atoms with Gasteiger partial charge in [-0.05, 0) is 31.9 Å². The maximum Gasteiger partial charge on any atom is 0.255 e. The van der Waals surface area contributed by atoms with Crippen LogP contribution in [0.1, 0.15) is 41.7 Å². The first kappa shape index (κ1) is 13.5. The smallest absolute Gasteiger partial charge is 0.255 e. The molecule has 0 aliphatic heterocycles. The summed E-state index contributed by atoms with van der Waals surface area (Å²) < 4.78 is 0. The van der Waals surface area contributed by atoms with Crippen LogP contribution in [0.15, 0.2) is 18.3 Å². The predicted octanol–water partition coefficient (Wildman–Crippen LogP) is 3.17. The molecule has 3 nitrogen and oxygen atoms in total. The first-order chi connectivity index (χ1) is 8.72. The van der Waals surface area contributed by atoms with Crippen molar-refractivity contribution < 1.29 is 4.79 Å². The van der Waals surface area contributed by atoms with Crippen molar-refractivity contribution in [2.75, 3.05) is 11.9 Å². The van der Waals surface area contributed by atoms with E-state index >= 15 is 0 Å². The molecule has 1 heterocycles. The van der Waals surface area contributed by atoms with Gasteiger partial charge in [-0.25, -0.2) is 0 Å². The molecule has 0 unspecified atom stereocenters. The van der Waals surface area contributed by atoms with E-state index in [1.54, 1.807) is 6.20 Å². The normalized spacial score (nSPS) is 15.9. The molecule has 1 saturated carbocycles. The number of pyridine rings is 1. The van der Waals surface area contributed by atoms with Gasteiger partial charge in [-0.2, -0.15) is 0 Å². The molecule has 1 aliphatic carbocycles. The summed E-state index contributed by atoms with van der Waals surface area (Å²) in [6, 6.07) is 4.19. The van der Waals surface area contributed by atoms with Gasteiger partial charge in [0.05, 0.1) is 5.56 Å². The van der Waals surface area contributed by atoms with Crippen molar-refractivity contribution in [3.63, 3.8) is 0 Å². The van der Waals surface area contributed by atoms with Crippen molar-refractivity contribution in [2.24, 2.45) is 0 Å². The first-order valence-electron chi connectivity index (χ1n) is 6.52. The van der Waals surface area contributed by atoms with Gasteiger partial charge < -0.3 is 4.90 Å². The predicted molar refractivity (Wildman–Crippen MR) is 76.1 cm³/mol. The summed E-state index contributed by atoms with van der Waals surface area (Å²) in [6.45, 7) is 2.71. The van der Waals surface area contributed by atoms with Crippen LogP contribution >= 0.6 is 15.9 Å². The van der Waals surface area contributed by atoms with Gasteiger partial charge >= 0.3 is 0 Å². The quantitative estimate of drug-likeness (QED) is 0.800. The Bertz CT molecular complexity index is 399. The topological polar surface area (TPSA) is 33.2 Å². The molecule has 0 spiro atoms. The Labute approximate surface area is 117 Å². The number of aromatic nitrogens is 1. The molecular formula is C14H19BrN2O. The SMILES string of the molecule is Cc1ccc(C(=O)N(CCBr)C2CCCC2)cn1. The van der Waals surface area contributed by atoms with Crippen molar-refractivity contribution in [1.82, 2.24) is 9.88 Å². The number of nitrogens with zero attached hydrogens (tertiary/aromatic N) is 2. The van der Waals surface area contributed by atoms with Gasteiger partial charge in [0.25, 0.3) is 5.91 Å². The van der Waals surface area contributed by atoms with Crippen LogP contribution in [0.25, 0.3) is 0 Å². The van der Waals surface area contributed by atoms with Crippen LogP contribution in [0.2, 0.25) is 0 Å². The zero-order chi connectivity index (χ0) is 13.0. The molecule has 1 aliphatic rings. The van der Waals surface area contributed by atoms with Crippen LogP contribution in [-0.2, 0) is 0 Å². The Morgan fingerprint density at radius 3 is 2.72 bits per heavy atom. The fourth-order valence-corrected chi connectivity index (χ4v) is 2.90. The van der Waals surface area contributed by atoms with E-state index in [0.29, 0.717) is 11.6 Å². The minimum Gasteiger partial charge on any atom is -0.335 e. The Morgan fingerprint density at radius 1 is 1.44 bits per heavy atom. The average Bonchev–Trinajstić information content (AvgIpc) is 2.90. The monoisotopic (exact) mass is 310 g/mol. The van der Waals surface area contributed by atoms with Crippen molar-refractivity contribution in [1.29, 1.82) is 0 Å². The molecule has 0 saturated heterocycles. The maximum absolute atomic E-state index is 12.5. The van der Waals surface area contributed by atoms with E-state index in [9.17, 15) is 4.79 Å². The second-order valence-corrected chi connectivity index (χ2v) is 5.61. The summed E-state index contributed by atoms with van der Waals surface area (Å²) in [6.07, 6.45) is 6.44. The molecule has 1 fully saturated rings. The van der Waals surface area contributed by atoms with E-state index in [2.05, 4.69) is 20.9 Å². The molecule has 0 N–H and O–H groups in total. The molecule has 0 bridgehead atoms. The number of alkyl halides is 1. The number of aryl methyl sites for hydroxylation is 1. The number of carbonyl (C=O) groups is 1. The molecule has 0 aromatic carbocycles. The second-order valence-electron chi connectivity index (χ2n) is 4.81. The van der Waals surface area contributed by atoms with Gasteiger partial charge in [-0.15, -0.1) is 0 Å². The van der Waals surface area contributed by atoms with Crippen LogP contribution in [-0.4, -0.2) is 33.7 Å². The Hall–Kier alpha value is -0.900. The highest BCUT2D eigenvalue weighted by atomic mass is 79.9. The molecular weight excluding hydrogens is 292 g/mol. The Morgan fingerprint density at radius 2 is 2.17 bits per heavy atom. The molecule has 1 aromatic heterocycles. The molecule has 0 atom stereocenters. The third-order valence-corrected chi connectivity index (χ3v) is 3.86. The molecule has 2 rings (SSSR count). The number of hydrogen-bond donors (Lipinski definition) is 0. The minimum atomic E-state index is 0.119. The summed E-state index contributed by atoms with van der Waals surface area (Å²) >= 11 is 3.44. The van der Waals surface area contributed by atoms with E-state index < -0.39 is 0 Å². The lowest BCUT2D eigenvalue weighted by atomic mass is 10.1. The Balaban J connectivity index is 2.14. The summed E-state index contributed by atoms with van der Waals surface area (Å²) in [7, 11) is 0. The van der Waals surface area contributed by atoms with Crippen LogP contribution in [0, 0.1) is 6.92 Å². The highest BCUT2D eigenvalue weighted by Gasteiger charge is 2.26. The zero-order valence-corrected chi connectivity index (χ0v) is 12.3. The standard InChI is InChI=1S/C14H19BrN2O/c1-11-6-7-12(10-16-11)14(18)17(9-8-15)13-4-2-3-5-13/h6-7,10,13H,2-5,8-9H2,1H3. The van der Waals surface area contributed by atoms with Crippen LogP contribution in [0.3, 0.4) is 0 Å². The highest BCUT2D eigenvalue weighted by Crippen LogP contribution is 2.24. The summed E-state index contributed by atoms with van der Waals surface area (Å²) in [5.41, 5.74) is 1.65. The lowest BCUT2D eigenvalue weighted by Crippen LogP contribution is -2.40. The Kier molecular flexibility index (Phi) is 4.75. The van der Waals surface area contributed by atoms with Gasteiger partial charge in [0.1, 0.15) is 0 Å². The van der Waals surface area contributed by atoms with E-state index in [0.717, 1.165) is 30.4 Å². The van der Waals surface area contributed by atoms with Crippen molar-refractivity contribution >= 4 is 21.8 Å². The number of rotatable bonds is 4. The van der Waals surface area contributed by atoms with Gasteiger partial charge in [0.2, 0.25) is 0 Å². The largest absolute Gasteiger partial charge is 0.335 e. The second kappa shape index (κ2) is 6.32. The van der Waals surface area contributed by atoms with E-state index in [-0.39, 0.29) is 5.91 Å². The number of carbonyl (C=O) groups excluding carboxylic acids is 1. The lowest BCUT2D eigenvalue weighted by Gasteiger charge is -2.28. The zero-order valence-electron chi connectivity index (χ0n) is 10.7. The van der Waals surface area contributed by atoms with Gasteiger partial charge in [0.15, 0.2) is 0 Å². The van der Waals surface area contributed by atoms with Crippen molar-refractivity contribution in [3.8, 4) is 0 Å². The molecule has 98 valence electrons. The summed E-state index contributed by atoms with van der Waals surface area (Å²) in [4.78, 5) is 18.7. The van der Waals surface area contributed by atoms with Gasteiger partial charge in [-0.3, -0.25) is 9.78 Å². The summed E-state index contributed by atoms with van der Waals surface area (Å²) in [5, 5.41) is 0.828. The van der Waals surface area contributed by atoms with Gasteiger partial charge in [0, 0.05) is 29.8 Å². The fraction of sp³-hybridized carbons (Fsp3) is 0.571. The number of hydrogen-bond acceptors (Lipinski definition) is 2. The number of halogens is 1. The summed E-state index contributed by atoms with van der Waals surface area (Å²) in [5.74, 6) is 0.119. The average molecular weight is 311 g/mol. The van der Waals surface area contributed by atoms with E-state index in [1.807, 2.05) is 24.0 Å². The van der Waals surface area contributed by atoms with E-state index in [1.165, 1.54) is 12.8 Å². The van der Waals surface area contributed by atoms with Crippen molar-refractivity contribution in [3.05, 3.63) is 29.6 Å². The third kappa shape index (κ3) is 3.10. The number of amides is 1. The third-order valence-electron chi connectivity index (χ3n) is 3.51. The molecule has 4 heteroatoms. The highest BCUT2D eigenvalue weighted by molar-refractivity contribution is 9.09. The van der Waals surface area contributed by atoms with Crippen LogP contribution in [0.4, 0.5) is 0 Å². The molecule has 1 amide bonds. The molecule has 18 heavy (non-hydrogen) atoms. The lowest BCUT2D eigenvalue weighted by molar-refractivity contribution is 0.0696. The molecule has 0 radical (unpaired) electrons. The van der Waals surface area contributed by atoms with Crippen LogP contribution < -0.4 is 0 Å². The van der Waals surface area contributed by atoms with Crippen LogP contribution in [0.5, 0.6) is 0 Å². The van der Waals surface area contributed by atoms with E-state index in [4.69, 9.17) is 0 Å². The molecule has 1 aromatic rings. The first-order valence-corrected chi connectivity index (χ1v) is 7.64. The maximum atomic E-state index is 12.5. The van der Waals surface area contributed by atoms with Crippen molar-refractivity contribution in [2.45, 2.75) is 38.6 Å². The fourth-order valence-electron chi connectivity index (χ4n) is 2.52. The van der Waals surface area contributed by atoms with Gasteiger partial charge in [-0.1, -0.05) is 28.8 Å². The minimum absolute atomic E-state index is 0.119.